The molecule has 0 radical (unpaired) electrons. The van der Waals surface area contributed by atoms with Crippen LogP contribution in [-0.4, -0.2) is 33.7 Å². The minimum absolute atomic E-state index is 0.211. The molecule has 1 heterocycles. The van der Waals surface area contributed by atoms with Crippen molar-refractivity contribution in [1.82, 2.24) is 10.3 Å². The molecule has 1 aromatic rings. The first-order valence-corrected chi connectivity index (χ1v) is 5.50. The van der Waals surface area contributed by atoms with E-state index in [9.17, 15) is 22.8 Å². The van der Waals surface area contributed by atoms with Gasteiger partial charge in [-0.15, -0.1) is 11.3 Å². The predicted molar refractivity (Wildman–Crippen MR) is 56.4 cm³/mol. The van der Waals surface area contributed by atoms with Crippen molar-refractivity contribution in [2.24, 2.45) is 0 Å². The Hall–Kier alpha value is -1.64. The number of nitrogens with one attached hydrogen (secondary N) is 1. The number of nitrogens with zero attached hydrogens (tertiary/aromatic N) is 1. The van der Waals surface area contributed by atoms with Crippen LogP contribution < -0.4 is 5.32 Å². The van der Waals surface area contributed by atoms with Crippen LogP contribution >= 0.6 is 11.3 Å². The molecule has 9 heteroatoms. The van der Waals surface area contributed by atoms with E-state index in [0.29, 0.717) is 11.8 Å². The Kier molecular flexibility index (Phi) is 3.65. The number of aromatic nitrogens is 1. The average molecular weight is 282 g/mol. The number of carbonyl (C=O) groups excluding carboxylic acids is 1. The number of rotatable bonds is 3. The van der Waals surface area contributed by atoms with E-state index in [4.69, 9.17) is 5.11 Å². The summed E-state index contributed by atoms with van der Waals surface area (Å²) in [6.45, 7) is 1.88. The minimum atomic E-state index is -5.11. The first kappa shape index (κ1) is 14.4. The van der Waals surface area contributed by atoms with Gasteiger partial charge < -0.3 is 10.4 Å². The standard InChI is InChI=1S/C9H9F3N2O3S/c1-4-5(13-3-18-4)6(15)14-8(2,7(16)17)9(10,11)12/h3H,1-2H3,(H,14,15)(H,16,17). The molecule has 0 bridgehead atoms. The van der Waals surface area contributed by atoms with Gasteiger partial charge in [0.15, 0.2) is 0 Å². The van der Waals surface area contributed by atoms with E-state index in [0.717, 1.165) is 11.3 Å². The number of carbonyl (C=O) groups is 2. The van der Waals surface area contributed by atoms with Gasteiger partial charge in [-0.3, -0.25) is 4.79 Å². The Morgan fingerprint density at radius 3 is 2.33 bits per heavy atom. The molecule has 0 saturated heterocycles. The van der Waals surface area contributed by atoms with Crippen LogP contribution in [0.15, 0.2) is 5.51 Å². The van der Waals surface area contributed by atoms with Crippen molar-refractivity contribution in [2.45, 2.75) is 25.6 Å². The topological polar surface area (TPSA) is 79.3 Å². The predicted octanol–water partition coefficient (Wildman–Crippen LogP) is 1.59. The highest BCUT2D eigenvalue weighted by Crippen LogP contribution is 2.30. The fraction of sp³-hybridized carbons (Fsp3) is 0.444. The molecule has 0 aliphatic rings. The second-order valence-electron chi connectivity index (χ2n) is 3.64. The number of amides is 1. The van der Waals surface area contributed by atoms with E-state index in [-0.39, 0.29) is 5.69 Å². The lowest BCUT2D eigenvalue weighted by atomic mass is 10.0. The van der Waals surface area contributed by atoms with Crippen molar-refractivity contribution >= 4 is 23.2 Å². The van der Waals surface area contributed by atoms with Crippen LogP contribution in [0, 0.1) is 6.92 Å². The molecular formula is C9H9F3N2O3S. The van der Waals surface area contributed by atoms with Crippen molar-refractivity contribution in [3.05, 3.63) is 16.1 Å². The van der Waals surface area contributed by atoms with E-state index in [1.54, 1.807) is 0 Å². The number of thiazole rings is 1. The van der Waals surface area contributed by atoms with Gasteiger partial charge in [0.25, 0.3) is 5.91 Å². The van der Waals surface area contributed by atoms with Crippen molar-refractivity contribution < 1.29 is 27.9 Å². The van der Waals surface area contributed by atoms with Crippen LogP contribution in [0.25, 0.3) is 0 Å². The quantitative estimate of drug-likeness (QED) is 0.882. The van der Waals surface area contributed by atoms with Crippen LogP contribution in [-0.2, 0) is 4.79 Å². The number of hydrogen-bond donors (Lipinski definition) is 2. The fourth-order valence-electron chi connectivity index (χ4n) is 1.06. The molecule has 0 fully saturated rings. The molecule has 0 saturated carbocycles. The molecule has 18 heavy (non-hydrogen) atoms. The molecule has 100 valence electrons. The van der Waals surface area contributed by atoms with Crippen LogP contribution in [0.4, 0.5) is 13.2 Å². The van der Waals surface area contributed by atoms with Gasteiger partial charge >= 0.3 is 12.1 Å². The Morgan fingerprint density at radius 2 is 2.00 bits per heavy atom. The molecule has 0 aromatic carbocycles. The Labute approximate surface area is 104 Å². The molecule has 1 rings (SSSR count). The number of halogens is 3. The van der Waals surface area contributed by atoms with Gasteiger partial charge in [-0.2, -0.15) is 13.2 Å². The summed E-state index contributed by atoms with van der Waals surface area (Å²) in [7, 11) is 0. The number of aliphatic carboxylic acids is 1. The van der Waals surface area contributed by atoms with E-state index in [1.807, 2.05) is 0 Å². The third-order valence-corrected chi connectivity index (χ3v) is 3.08. The highest BCUT2D eigenvalue weighted by atomic mass is 32.1. The lowest BCUT2D eigenvalue weighted by Gasteiger charge is -2.28. The zero-order chi connectivity index (χ0) is 14.1. The first-order valence-electron chi connectivity index (χ1n) is 4.62. The van der Waals surface area contributed by atoms with Crippen molar-refractivity contribution in [1.29, 1.82) is 0 Å². The van der Waals surface area contributed by atoms with Gasteiger partial charge in [0.2, 0.25) is 5.54 Å². The van der Waals surface area contributed by atoms with Gasteiger partial charge in [-0.1, -0.05) is 0 Å². The summed E-state index contributed by atoms with van der Waals surface area (Å²) in [5, 5.41) is 10.1. The lowest BCUT2D eigenvalue weighted by Crippen LogP contribution is -2.62. The summed E-state index contributed by atoms with van der Waals surface area (Å²) >= 11 is 1.07. The SMILES string of the molecule is Cc1scnc1C(=O)NC(C)(C(=O)O)C(F)(F)F. The first-order chi connectivity index (χ1) is 8.09. The van der Waals surface area contributed by atoms with E-state index in [2.05, 4.69) is 4.98 Å². The van der Waals surface area contributed by atoms with E-state index >= 15 is 0 Å². The Bertz CT molecular complexity index is 486. The van der Waals surface area contributed by atoms with Crippen LogP contribution in [0.3, 0.4) is 0 Å². The molecule has 0 aliphatic carbocycles. The summed E-state index contributed by atoms with van der Waals surface area (Å²) in [6.07, 6.45) is -5.11. The number of alkyl halides is 3. The molecule has 1 aromatic heterocycles. The van der Waals surface area contributed by atoms with Gasteiger partial charge in [-0.25, -0.2) is 9.78 Å². The van der Waals surface area contributed by atoms with E-state index < -0.39 is 23.6 Å². The lowest BCUT2D eigenvalue weighted by molar-refractivity contribution is -0.203. The molecule has 2 N–H and O–H groups in total. The summed E-state index contributed by atoms with van der Waals surface area (Å²) < 4.78 is 37.9. The number of aryl methyl sites for hydroxylation is 1. The second kappa shape index (κ2) is 4.56. The van der Waals surface area contributed by atoms with Gasteiger partial charge in [0, 0.05) is 4.88 Å². The molecule has 5 nitrogen and oxygen atoms in total. The van der Waals surface area contributed by atoms with Crippen LogP contribution in [0.5, 0.6) is 0 Å². The average Bonchev–Trinajstić information content (AvgIpc) is 2.62. The molecule has 0 aliphatic heterocycles. The largest absolute Gasteiger partial charge is 0.479 e. The van der Waals surface area contributed by atoms with Gasteiger partial charge in [0.1, 0.15) is 5.69 Å². The summed E-state index contributed by atoms with van der Waals surface area (Å²) in [4.78, 5) is 26.3. The van der Waals surface area contributed by atoms with Crippen molar-refractivity contribution in [3.8, 4) is 0 Å². The second-order valence-corrected chi connectivity index (χ2v) is 4.70. The fourth-order valence-corrected chi connectivity index (χ4v) is 1.63. The van der Waals surface area contributed by atoms with Gasteiger partial charge in [0.05, 0.1) is 5.51 Å². The maximum Gasteiger partial charge on any atom is 0.422 e. The molecule has 0 spiro atoms. The molecule has 1 atom stereocenters. The summed E-state index contributed by atoms with van der Waals surface area (Å²) in [5.74, 6) is -3.35. The minimum Gasteiger partial charge on any atom is -0.479 e. The normalized spacial score (nSPS) is 14.9. The molecule has 1 unspecified atom stereocenters. The molecule has 1 amide bonds. The highest BCUT2D eigenvalue weighted by molar-refractivity contribution is 7.09. The summed E-state index contributed by atoms with van der Waals surface area (Å²) in [6, 6.07) is 0. The number of hydrogen-bond acceptors (Lipinski definition) is 4. The Morgan fingerprint density at radius 1 is 1.44 bits per heavy atom. The zero-order valence-corrected chi connectivity index (χ0v) is 10.1. The maximum atomic E-state index is 12.6. The molecular weight excluding hydrogens is 273 g/mol. The highest BCUT2D eigenvalue weighted by Gasteiger charge is 2.58. The van der Waals surface area contributed by atoms with E-state index in [1.165, 1.54) is 17.8 Å². The van der Waals surface area contributed by atoms with Crippen molar-refractivity contribution in [2.75, 3.05) is 0 Å². The smallest absolute Gasteiger partial charge is 0.422 e. The third-order valence-electron chi connectivity index (χ3n) is 2.32. The zero-order valence-electron chi connectivity index (χ0n) is 9.33. The number of carboxylic acids is 1. The summed E-state index contributed by atoms with van der Waals surface area (Å²) in [5.41, 5.74) is -2.27. The number of carboxylic acid groups (broad SMARTS) is 1. The Balaban J connectivity index is 3.04. The van der Waals surface area contributed by atoms with Gasteiger partial charge in [-0.05, 0) is 13.8 Å². The maximum absolute atomic E-state index is 12.6. The van der Waals surface area contributed by atoms with Crippen molar-refractivity contribution in [3.63, 3.8) is 0 Å². The third kappa shape index (κ3) is 2.45. The van der Waals surface area contributed by atoms with Crippen LogP contribution in [0.1, 0.15) is 22.3 Å². The monoisotopic (exact) mass is 282 g/mol. The van der Waals surface area contributed by atoms with Crippen LogP contribution in [0.2, 0.25) is 0 Å².